The normalized spacial score (nSPS) is 12.3. The van der Waals surface area contributed by atoms with E-state index in [9.17, 15) is 0 Å². The Labute approximate surface area is 135 Å². The summed E-state index contributed by atoms with van der Waals surface area (Å²) in [6, 6.07) is 14.7. The maximum Gasteiger partial charge on any atom is 0.161 e. The van der Waals surface area contributed by atoms with Crippen LogP contribution in [0, 0.1) is 0 Å². The predicted molar refractivity (Wildman–Crippen MR) is 90.8 cm³/mol. The van der Waals surface area contributed by atoms with Gasteiger partial charge in [0.1, 0.15) is 0 Å². The fourth-order valence-electron chi connectivity index (χ4n) is 2.25. The quantitative estimate of drug-likeness (QED) is 0.681. The van der Waals surface area contributed by atoms with Gasteiger partial charge in [0.05, 0.1) is 19.0 Å². The van der Waals surface area contributed by atoms with Crippen LogP contribution in [0.5, 0.6) is 11.5 Å². The monoisotopic (exact) mass is 348 g/mol. The molecular formula is C18H21BrO2. The van der Waals surface area contributed by atoms with Crippen molar-refractivity contribution in [2.45, 2.75) is 24.6 Å². The summed E-state index contributed by atoms with van der Waals surface area (Å²) in [5.74, 6) is 2.04. The summed E-state index contributed by atoms with van der Waals surface area (Å²) in [6.07, 6.45) is 0. The molecule has 0 heterocycles. The minimum atomic E-state index is 0.138. The van der Waals surface area contributed by atoms with Crippen LogP contribution in [0.1, 0.15) is 41.3 Å². The standard InChI is InChI=1S/C18H21BrO2/c1-12(2)13-5-7-14(8-6-13)18(19)15-9-10-16(20-3)17(11-15)21-4/h5-12,18H,1-4H3. The van der Waals surface area contributed by atoms with Crippen LogP contribution < -0.4 is 9.47 Å². The lowest BCUT2D eigenvalue weighted by Gasteiger charge is -2.15. The fraction of sp³-hybridized carbons (Fsp3) is 0.333. The Morgan fingerprint density at radius 2 is 1.29 bits per heavy atom. The van der Waals surface area contributed by atoms with E-state index in [1.54, 1.807) is 14.2 Å². The van der Waals surface area contributed by atoms with E-state index in [1.165, 1.54) is 11.1 Å². The third kappa shape index (κ3) is 3.59. The van der Waals surface area contributed by atoms with Crippen molar-refractivity contribution in [2.75, 3.05) is 14.2 Å². The van der Waals surface area contributed by atoms with E-state index in [0.29, 0.717) is 5.92 Å². The van der Waals surface area contributed by atoms with Crippen LogP contribution in [0.15, 0.2) is 42.5 Å². The van der Waals surface area contributed by atoms with Crippen LogP contribution in [0.2, 0.25) is 0 Å². The molecule has 2 aromatic rings. The third-order valence-corrected chi connectivity index (χ3v) is 4.65. The van der Waals surface area contributed by atoms with Gasteiger partial charge < -0.3 is 9.47 Å². The molecule has 2 rings (SSSR count). The molecule has 0 radical (unpaired) electrons. The minimum absolute atomic E-state index is 0.138. The summed E-state index contributed by atoms with van der Waals surface area (Å²) in [4.78, 5) is 0.138. The molecule has 0 fully saturated rings. The van der Waals surface area contributed by atoms with Crippen LogP contribution >= 0.6 is 15.9 Å². The van der Waals surface area contributed by atoms with Crippen LogP contribution in [0.25, 0.3) is 0 Å². The maximum absolute atomic E-state index is 5.37. The summed E-state index contributed by atoms with van der Waals surface area (Å²) in [7, 11) is 3.30. The molecule has 1 unspecified atom stereocenters. The Morgan fingerprint density at radius 3 is 1.81 bits per heavy atom. The number of alkyl halides is 1. The van der Waals surface area contributed by atoms with E-state index >= 15 is 0 Å². The van der Waals surface area contributed by atoms with Gasteiger partial charge in [-0.2, -0.15) is 0 Å². The van der Waals surface area contributed by atoms with Gasteiger partial charge >= 0.3 is 0 Å². The Bertz CT molecular complexity index is 591. The molecule has 0 saturated carbocycles. The average Bonchev–Trinajstić information content (AvgIpc) is 2.53. The Morgan fingerprint density at radius 1 is 0.762 bits per heavy atom. The first-order valence-corrected chi connectivity index (χ1v) is 7.94. The lowest BCUT2D eigenvalue weighted by molar-refractivity contribution is 0.354. The number of rotatable bonds is 5. The summed E-state index contributed by atoms with van der Waals surface area (Å²) >= 11 is 3.77. The molecule has 0 aromatic heterocycles. The largest absolute Gasteiger partial charge is 0.493 e. The van der Waals surface area contributed by atoms with Gasteiger partial charge in [0, 0.05) is 0 Å². The molecule has 3 heteroatoms. The highest BCUT2D eigenvalue weighted by Crippen LogP contribution is 2.36. The molecule has 1 atom stereocenters. The van der Waals surface area contributed by atoms with E-state index in [-0.39, 0.29) is 4.83 Å². The highest BCUT2D eigenvalue weighted by Gasteiger charge is 2.13. The SMILES string of the molecule is COc1ccc(C(Br)c2ccc(C(C)C)cc2)cc1OC. The van der Waals surface area contributed by atoms with E-state index in [2.05, 4.69) is 60.1 Å². The zero-order chi connectivity index (χ0) is 15.4. The lowest BCUT2D eigenvalue weighted by atomic mass is 9.98. The number of hydrogen-bond acceptors (Lipinski definition) is 2. The van der Waals surface area contributed by atoms with Crippen molar-refractivity contribution in [1.82, 2.24) is 0 Å². The van der Waals surface area contributed by atoms with Crippen molar-refractivity contribution in [3.05, 3.63) is 59.2 Å². The number of benzene rings is 2. The summed E-state index contributed by atoms with van der Waals surface area (Å²) in [5.41, 5.74) is 3.72. The zero-order valence-electron chi connectivity index (χ0n) is 12.9. The molecule has 112 valence electrons. The third-order valence-electron chi connectivity index (χ3n) is 3.60. The maximum atomic E-state index is 5.37. The molecule has 21 heavy (non-hydrogen) atoms. The predicted octanol–water partition coefficient (Wildman–Crippen LogP) is 5.31. The van der Waals surface area contributed by atoms with Crippen molar-refractivity contribution in [2.24, 2.45) is 0 Å². The lowest BCUT2D eigenvalue weighted by Crippen LogP contribution is -1.97. The highest BCUT2D eigenvalue weighted by atomic mass is 79.9. The second-order valence-electron chi connectivity index (χ2n) is 5.30. The van der Waals surface area contributed by atoms with Gasteiger partial charge in [-0.25, -0.2) is 0 Å². The molecule has 0 amide bonds. The molecule has 0 aliphatic heterocycles. The van der Waals surface area contributed by atoms with Crippen LogP contribution in [0.4, 0.5) is 0 Å². The molecule has 0 spiro atoms. The Kier molecular flexibility index (Phi) is 5.29. The van der Waals surface area contributed by atoms with E-state index in [4.69, 9.17) is 9.47 Å². The van der Waals surface area contributed by atoms with Gasteiger partial charge in [0.25, 0.3) is 0 Å². The van der Waals surface area contributed by atoms with Crippen molar-refractivity contribution >= 4 is 15.9 Å². The van der Waals surface area contributed by atoms with Gasteiger partial charge in [-0.3, -0.25) is 0 Å². The minimum Gasteiger partial charge on any atom is -0.493 e. The molecule has 0 aliphatic rings. The fourth-order valence-corrected chi connectivity index (χ4v) is 2.84. The summed E-state index contributed by atoms with van der Waals surface area (Å²) in [6.45, 7) is 4.41. The number of ether oxygens (including phenoxy) is 2. The van der Waals surface area contributed by atoms with E-state index in [1.807, 2.05) is 12.1 Å². The van der Waals surface area contributed by atoms with Gasteiger partial charge in [-0.05, 0) is 34.7 Å². The number of halogens is 1. The average molecular weight is 349 g/mol. The van der Waals surface area contributed by atoms with Crippen LogP contribution in [-0.4, -0.2) is 14.2 Å². The van der Waals surface area contributed by atoms with Crippen molar-refractivity contribution in [3.8, 4) is 11.5 Å². The Hall–Kier alpha value is -1.48. The number of hydrogen-bond donors (Lipinski definition) is 0. The summed E-state index contributed by atoms with van der Waals surface area (Å²) < 4.78 is 10.6. The second-order valence-corrected chi connectivity index (χ2v) is 6.21. The molecule has 0 N–H and O–H groups in total. The van der Waals surface area contributed by atoms with Gasteiger partial charge in [-0.15, -0.1) is 0 Å². The van der Waals surface area contributed by atoms with E-state index in [0.717, 1.165) is 17.1 Å². The van der Waals surface area contributed by atoms with Gasteiger partial charge in [0.15, 0.2) is 11.5 Å². The molecular weight excluding hydrogens is 328 g/mol. The smallest absolute Gasteiger partial charge is 0.161 e. The second kappa shape index (κ2) is 6.99. The van der Waals surface area contributed by atoms with Gasteiger partial charge in [-0.1, -0.05) is 60.1 Å². The van der Waals surface area contributed by atoms with Crippen molar-refractivity contribution in [3.63, 3.8) is 0 Å². The van der Waals surface area contributed by atoms with Gasteiger partial charge in [0.2, 0.25) is 0 Å². The van der Waals surface area contributed by atoms with E-state index < -0.39 is 0 Å². The molecule has 0 bridgehead atoms. The first-order valence-electron chi connectivity index (χ1n) is 7.02. The summed E-state index contributed by atoms with van der Waals surface area (Å²) in [5, 5.41) is 0. The topological polar surface area (TPSA) is 18.5 Å². The highest BCUT2D eigenvalue weighted by molar-refractivity contribution is 9.09. The molecule has 0 saturated heterocycles. The molecule has 2 nitrogen and oxygen atoms in total. The number of methoxy groups -OCH3 is 2. The first-order chi connectivity index (χ1) is 10.1. The first kappa shape index (κ1) is 15.9. The van der Waals surface area contributed by atoms with Crippen molar-refractivity contribution < 1.29 is 9.47 Å². The Balaban J connectivity index is 2.28. The van der Waals surface area contributed by atoms with Crippen LogP contribution in [0.3, 0.4) is 0 Å². The van der Waals surface area contributed by atoms with Crippen molar-refractivity contribution in [1.29, 1.82) is 0 Å². The molecule has 2 aromatic carbocycles. The molecule has 0 aliphatic carbocycles. The van der Waals surface area contributed by atoms with Crippen LogP contribution in [-0.2, 0) is 0 Å². The zero-order valence-corrected chi connectivity index (χ0v) is 14.5.